The summed E-state index contributed by atoms with van der Waals surface area (Å²) in [6, 6.07) is 15.2. The Labute approximate surface area is 164 Å². The van der Waals surface area contributed by atoms with Crippen molar-refractivity contribution in [3.63, 3.8) is 0 Å². The zero-order valence-electron chi connectivity index (χ0n) is 15.9. The van der Waals surface area contributed by atoms with Gasteiger partial charge in [0.15, 0.2) is 0 Å². The maximum absolute atomic E-state index is 13.1. The van der Waals surface area contributed by atoms with E-state index in [1.54, 1.807) is 12.0 Å². The van der Waals surface area contributed by atoms with E-state index in [0.717, 1.165) is 17.9 Å². The molecule has 0 atom stereocenters. The number of nitrogens with one attached hydrogen (secondary N) is 1. The van der Waals surface area contributed by atoms with Gasteiger partial charge in [0.2, 0.25) is 11.8 Å². The van der Waals surface area contributed by atoms with Gasteiger partial charge in [0.25, 0.3) is 0 Å². The molecule has 2 aromatic rings. The Morgan fingerprint density at radius 1 is 1.07 bits per heavy atom. The molecular weight excluding hydrogens is 356 g/mol. The number of carbonyl (C=O) groups is 2. The fraction of sp³-hybridized carbons (Fsp3) is 0.364. The fourth-order valence-corrected chi connectivity index (χ4v) is 3.65. The zero-order chi connectivity index (χ0) is 19.6. The van der Waals surface area contributed by atoms with E-state index in [4.69, 9.17) is 9.47 Å². The lowest BCUT2D eigenvalue weighted by Crippen LogP contribution is -2.45. The summed E-state index contributed by atoms with van der Waals surface area (Å²) in [5.74, 6) is 1.20. The topological polar surface area (TPSA) is 67.9 Å². The molecule has 0 radical (unpaired) electrons. The summed E-state index contributed by atoms with van der Waals surface area (Å²) in [5, 5.41) is 2.87. The van der Waals surface area contributed by atoms with Crippen molar-refractivity contribution in [2.45, 2.75) is 19.3 Å². The van der Waals surface area contributed by atoms with E-state index in [2.05, 4.69) is 5.32 Å². The van der Waals surface area contributed by atoms with Gasteiger partial charge in [-0.3, -0.25) is 9.59 Å². The van der Waals surface area contributed by atoms with E-state index < -0.39 is 5.41 Å². The number of hydrogen-bond donors (Lipinski definition) is 1. The van der Waals surface area contributed by atoms with Crippen LogP contribution in [0.4, 0.5) is 5.69 Å². The van der Waals surface area contributed by atoms with Crippen LogP contribution in [-0.4, -0.2) is 38.6 Å². The molecule has 2 aromatic carbocycles. The number of fused-ring (bicyclic) bond motifs is 1. The third-order valence-corrected chi connectivity index (χ3v) is 5.44. The molecule has 1 N–H and O–H groups in total. The summed E-state index contributed by atoms with van der Waals surface area (Å²) in [6.07, 6.45) is 2.06. The molecule has 0 unspecified atom stereocenters. The second-order valence-electron chi connectivity index (χ2n) is 7.20. The molecule has 2 amide bonds. The van der Waals surface area contributed by atoms with Gasteiger partial charge in [-0.05, 0) is 55.2 Å². The van der Waals surface area contributed by atoms with Crippen LogP contribution in [0.5, 0.6) is 11.5 Å². The SMILES string of the molecule is COc1ccc(OCCNC(=O)C2(C(=O)N3CCc4ccccc43)CC2)cc1. The minimum atomic E-state index is -0.905. The second kappa shape index (κ2) is 7.54. The standard InChI is InChI=1S/C22H24N2O4/c1-27-17-6-8-18(9-7-17)28-15-13-23-20(25)22(11-12-22)21(26)24-14-10-16-4-2-3-5-19(16)24/h2-9H,10-15H2,1H3,(H,23,25). The van der Waals surface area contributed by atoms with Crippen molar-refractivity contribution in [2.24, 2.45) is 5.41 Å². The van der Waals surface area contributed by atoms with Crippen molar-refractivity contribution in [1.29, 1.82) is 0 Å². The number of ether oxygens (including phenoxy) is 2. The first-order valence-corrected chi connectivity index (χ1v) is 9.59. The van der Waals surface area contributed by atoms with E-state index in [1.165, 1.54) is 5.56 Å². The van der Waals surface area contributed by atoms with Gasteiger partial charge in [-0.25, -0.2) is 0 Å². The number of amides is 2. The highest BCUT2D eigenvalue weighted by atomic mass is 16.5. The molecule has 28 heavy (non-hydrogen) atoms. The van der Waals surface area contributed by atoms with Crippen molar-refractivity contribution in [3.8, 4) is 11.5 Å². The molecule has 1 aliphatic heterocycles. The molecular formula is C22H24N2O4. The van der Waals surface area contributed by atoms with Crippen LogP contribution >= 0.6 is 0 Å². The lowest BCUT2D eigenvalue weighted by atomic mass is 10.0. The van der Waals surface area contributed by atoms with Gasteiger partial charge in [-0.2, -0.15) is 0 Å². The predicted octanol–water partition coefficient (Wildman–Crippen LogP) is 2.56. The van der Waals surface area contributed by atoms with Crippen molar-refractivity contribution >= 4 is 17.5 Å². The summed E-state index contributed by atoms with van der Waals surface area (Å²) in [4.78, 5) is 27.5. The average Bonchev–Trinajstić information content (AvgIpc) is 3.44. The normalized spacial score (nSPS) is 16.2. The molecule has 146 valence electrons. The lowest BCUT2D eigenvalue weighted by molar-refractivity contribution is -0.135. The van der Waals surface area contributed by atoms with Crippen molar-refractivity contribution in [2.75, 3.05) is 31.7 Å². The summed E-state index contributed by atoms with van der Waals surface area (Å²) in [7, 11) is 1.61. The number of rotatable bonds is 7. The predicted molar refractivity (Wildman–Crippen MR) is 106 cm³/mol. The number of para-hydroxylation sites is 1. The molecule has 0 spiro atoms. The van der Waals surface area contributed by atoms with E-state index >= 15 is 0 Å². The number of anilines is 1. The average molecular weight is 380 g/mol. The first-order chi connectivity index (χ1) is 13.6. The van der Waals surface area contributed by atoms with Gasteiger partial charge < -0.3 is 19.7 Å². The van der Waals surface area contributed by atoms with E-state index in [9.17, 15) is 9.59 Å². The molecule has 0 bridgehead atoms. The number of benzene rings is 2. The Morgan fingerprint density at radius 3 is 2.50 bits per heavy atom. The van der Waals surface area contributed by atoms with Crippen molar-refractivity contribution in [3.05, 3.63) is 54.1 Å². The highest BCUT2D eigenvalue weighted by Gasteiger charge is 2.58. The van der Waals surface area contributed by atoms with Crippen LogP contribution in [0.1, 0.15) is 18.4 Å². The third-order valence-electron chi connectivity index (χ3n) is 5.44. The highest BCUT2D eigenvalue weighted by molar-refractivity contribution is 6.14. The number of methoxy groups -OCH3 is 1. The first-order valence-electron chi connectivity index (χ1n) is 9.59. The monoisotopic (exact) mass is 380 g/mol. The molecule has 0 saturated heterocycles. The molecule has 6 nitrogen and oxygen atoms in total. The number of nitrogens with zero attached hydrogens (tertiary/aromatic N) is 1. The molecule has 1 heterocycles. The summed E-state index contributed by atoms with van der Waals surface area (Å²) in [6.45, 7) is 1.35. The molecule has 0 aromatic heterocycles. The van der Waals surface area contributed by atoms with Crippen LogP contribution in [0.15, 0.2) is 48.5 Å². The molecule has 2 aliphatic rings. The molecule has 4 rings (SSSR count). The van der Waals surface area contributed by atoms with Gasteiger partial charge in [0.05, 0.1) is 13.7 Å². The molecule has 1 aliphatic carbocycles. The molecule has 1 fully saturated rings. The largest absolute Gasteiger partial charge is 0.497 e. The summed E-state index contributed by atoms with van der Waals surface area (Å²) in [5.41, 5.74) is 1.20. The van der Waals surface area contributed by atoms with Crippen molar-refractivity contribution in [1.82, 2.24) is 5.32 Å². The van der Waals surface area contributed by atoms with Crippen LogP contribution in [0.3, 0.4) is 0 Å². The number of hydrogen-bond acceptors (Lipinski definition) is 4. The van der Waals surface area contributed by atoms with Crippen LogP contribution < -0.4 is 19.7 Å². The summed E-state index contributed by atoms with van der Waals surface area (Å²) < 4.78 is 10.7. The van der Waals surface area contributed by atoms with Crippen LogP contribution in [0.2, 0.25) is 0 Å². The fourth-order valence-electron chi connectivity index (χ4n) is 3.65. The highest BCUT2D eigenvalue weighted by Crippen LogP contribution is 2.49. The first kappa shape index (κ1) is 18.3. The lowest BCUT2D eigenvalue weighted by Gasteiger charge is -2.23. The van der Waals surface area contributed by atoms with E-state index in [0.29, 0.717) is 38.3 Å². The van der Waals surface area contributed by atoms with E-state index in [1.807, 2.05) is 48.5 Å². The van der Waals surface area contributed by atoms with Gasteiger partial charge in [-0.1, -0.05) is 18.2 Å². The van der Waals surface area contributed by atoms with Gasteiger partial charge in [0.1, 0.15) is 23.5 Å². The smallest absolute Gasteiger partial charge is 0.242 e. The minimum absolute atomic E-state index is 0.0778. The summed E-state index contributed by atoms with van der Waals surface area (Å²) >= 11 is 0. The molecule has 1 saturated carbocycles. The zero-order valence-corrected chi connectivity index (χ0v) is 15.9. The quantitative estimate of drug-likeness (QED) is 0.592. The van der Waals surface area contributed by atoms with Gasteiger partial charge in [-0.15, -0.1) is 0 Å². The Morgan fingerprint density at radius 2 is 1.79 bits per heavy atom. The van der Waals surface area contributed by atoms with Crippen LogP contribution in [-0.2, 0) is 16.0 Å². The number of carbonyl (C=O) groups excluding carboxylic acids is 2. The Bertz CT molecular complexity index is 874. The van der Waals surface area contributed by atoms with E-state index in [-0.39, 0.29) is 11.8 Å². The van der Waals surface area contributed by atoms with Gasteiger partial charge in [0, 0.05) is 12.2 Å². The maximum Gasteiger partial charge on any atom is 0.242 e. The third kappa shape index (κ3) is 3.42. The van der Waals surface area contributed by atoms with Crippen LogP contribution in [0, 0.1) is 5.41 Å². The molecule has 6 heteroatoms. The Hall–Kier alpha value is -3.02. The van der Waals surface area contributed by atoms with Gasteiger partial charge >= 0.3 is 0 Å². The maximum atomic E-state index is 13.1. The van der Waals surface area contributed by atoms with Crippen molar-refractivity contribution < 1.29 is 19.1 Å². The second-order valence-corrected chi connectivity index (χ2v) is 7.20. The minimum Gasteiger partial charge on any atom is -0.497 e. The Kier molecular flexibility index (Phi) is 4.94. The van der Waals surface area contributed by atoms with Crippen LogP contribution in [0.25, 0.3) is 0 Å². The Balaban J connectivity index is 1.30.